The van der Waals surface area contributed by atoms with Gasteiger partial charge in [0.15, 0.2) is 13.2 Å². The van der Waals surface area contributed by atoms with Crippen molar-refractivity contribution in [1.82, 2.24) is 15.2 Å². The van der Waals surface area contributed by atoms with Crippen LogP contribution in [0.25, 0.3) is 0 Å². The Morgan fingerprint density at radius 1 is 1.06 bits per heavy atom. The third-order valence-corrected chi connectivity index (χ3v) is 5.00. The van der Waals surface area contributed by atoms with Crippen LogP contribution in [0.1, 0.15) is 18.4 Å². The summed E-state index contributed by atoms with van der Waals surface area (Å²) in [6.07, 6.45) is -2.17. The molecule has 0 spiro atoms. The molecule has 1 aliphatic rings. The third kappa shape index (κ3) is 7.14. The van der Waals surface area contributed by atoms with E-state index in [4.69, 9.17) is 9.47 Å². The summed E-state index contributed by atoms with van der Waals surface area (Å²) in [6, 6.07) is 12.1. The van der Waals surface area contributed by atoms with E-state index in [1.165, 1.54) is 6.20 Å². The summed E-state index contributed by atoms with van der Waals surface area (Å²) in [6.45, 7) is -0.651. The lowest BCUT2D eigenvalue weighted by molar-refractivity contribution is -0.154. The molecule has 1 aromatic heterocycles. The second kappa shape index (κ2) is 10.8. The zero-order valence-electron chi connectivity index (χ0n) is 17.3. The van der Waals surface area contributed by atoms with E-state index in [0.29, 0.717) is 37.2 Å². The van der Waals surface area contributed by atoms with Crippen LogP contribution in [-0.2, 0) is 16.1 Å². The standard InChI is InChI=1S/C22H24F3N3O4/c23-22(24,25)15-32-21-17(5-4-10-26-21)13-27-20(30)16-8-11-28(12-9-16)19(29)14-31-18-6-2-1-3-7-18/h1-7,10,16H,8-9,11-15H2,(H,27,30). The molecule has 7 nitrogen and oxygen atoms in total. The number of amides is 2. The molecule has 1 aliphatic heterocycles. The van der Waals surface area contributed by atoms with Crippen molar-refractivity contribution in [1.29, 1.82) is 0 Å². The normalized spacial score (nSPS) is 14.7. The van der Waals surface area contributed by atoms with Gasteiger partial charge in [0.05, 0.1) is 0 Å². The minimum absolute atomic E-state index is 0.00389. The molecule has 0 radical (unpaired) electrons. The molecule has 1 saturated heterocycles. The summed E-state index contributed by atoms with van der Waals surface area (Å²) in [5.41, 5.74) is 0.357. The van der Waals surface area contributed by atoms with E-state index in [1.807, 2.05) is 18.2 Å². The predicted molar refractivity (Wildman–Crippen MR) is 109 cm³/mol. The molecular formula is C22H24F3N3O4. The van der Waals surface area contributed by atoms with Crippen molar-refractivity contribution in [3.63, 3.8) is 0 Å². The van der Waals surface area contributed by atoms with Crippen LogP contribution >= 0.6 is 0 Å². The van der Waals surface area contributed by atoms with Crippen LogP contribution in [0.2, 0.25) is 0 Å². The smallest absolute Gasteiger partial charge is 0.422 e. The fourth-order valence-electron chi connectivity index (χ4n) is 3.31. The highest BCUT2D eigenvalue weighted by Gasteiger charge is 2.30. The minimum Gasteiger partial charge on any atom is -0.484 e. The van der Waals surface area contributed by atoms with E-state index < -0.39 is 12.8 Å². The molecular weight excluding hydrogens is 427 g/mol. The van der Waals surface area contributed by atoms with Gasteiger partial charge in [0.1, 0.15) is 5.75 Å². The topological polar surface area (TPSA) is 80.8 Å². The van der Waals surface area contributed by atoms with Crippen molar-refractivity contribution in [2.24, 2.45) is 5.92 Å². The van der Waals surface area contributed by atoms with E-state index in [2.05, 4.69) is 10.3 Å². The van der Waals surface area contributed by atoms with Gasteiger partial charge in [0.25, 0.3) is 5.91 Å². The summed E-state index contributed by atoms with van der Waals surface area (Å²) < 4.78 is 47.4. The molecule has 172 valence electrons. The number of hydrogen-bond acceptors (Lipinski definition) is 5. The molecule has 2 aromatic rings. The first-order valence-electron chi connectivity index (χ1n) is 10.2. The van der Waals surface area contributed by atoms with Crippen molar-refractivity contribution < 1.29 is 32.2 Å². The number of carbonyl (C=O) groups is 2. The largest absolute Gasteiger partial charge is 0.484 e. The van der Waals surface area contributed by atoms with Crippen LogP contribution in [0.4, 0.5) is 13.2 Å². The Hall–Kier alpha value is -3.30. The Kier molecular flexibility index (Phi) is 7.91. The number of halogens is 3. The molecule has 3 rings (SSSR count). The number of hydrogen-bond donors (Lipinski definition) is 1. The first-order valence-corrected chi connectivity index (χ1v) is 10.2. The minimum atomic E-state index is -4.48. The van der Waals surface area contributed by atoms with Crippen molar-refractivity contribution in [2.45, 2.75) is 25.6 Å². The van der Waals surface area contributed by atoms with E-state index in [0.717, 1.165) is 0 Å². The van der Waals surface area contributed by atoms with Gasteiger partial charge in [-0.25, -0.2) is 4.98 Å². The number of ether oxygens (including phenoxy) is 2. The van der Waals surface area contributed by atoms with Gasteiger partial charge >= 0.3 is 6.18 Å². The third-order valence-electron chi connectivity index (χ3n) is 5.00. The predicted octanol–water partition coefficient (Wildman–Crippen LogP) is 2.96. The SMILES string of the molecule is O=C(NCc1cccnc1OCC(F)(F)F)C1CCN(C(=O)COc2ccccc2)CC1. The number of likely N-dealkylation sites (tertiary alicyclic amines) is 1. The van der Waals surface area contributed by atoms with Gasteiger partial charge in [-0.3, -0.25) is 9.59 Å². The number of benzene rings is 1. The lowest BCUT2D eigenvalue weighted by atomic mass is 9.96. The number of nitrogens with one attached hydrogen (secondary N) is 1. The van der Waals surface area contributed by atoms with Crippen molar-refractivity contribution in [3.05, 3.63) is 54.2 Å². The fourth-order valence-corrected chi connectivity index (χ4v) is 3.31. The average Bonchev–Trinajstić information content (AvgIpc) is 2.80. The van der Waals surface area contributed by atoms with Gasteiger partial charge in [-0.05, 0) is 31.0 Å². The van der Waals surface area contributed by atoms with Crippen LogP contribution < -0.4 is 14.8 Å². The molecule has 2 amide bonds. The Morgan fingerprint density at radius 3 is 2.47 bits per heavy atom. The average molecular weight is 451 g/mol. The highest BCUT2D eigenvalue weighted by molar-refractivity contribution is 5.80. The van der Waals surface area contributed by atoms with E-state index >= 15 is 0 Å². The van der Waals surface area contributed by atoms with E-state index in [-0.39, 0.29) is 36.8 Å². The number of nitrogens with zero attached hydrogens (tertiary/aromatic N) is 2. The van der Waals surface area contributed by atoms with E-state index in [1.54, 1.807) is 29.2 Å². The van der Waals surface area contributed by atoms with Crippen LogP contribution in [0.15, 0.2) is 48.7 Å². The van der Waals surface area contributed by atoms with Crippen LogP contribution in [0.5, 0.6) is 11.6 Å². The highest BCUT2D eigenvalue weighted by Crippen LogP contribution is 2.21. The highest BCUT2D eigenvalue weighted by atomic mass is 19.4. The number of rotatable bonds is 8. The summed E-state index contributed by atoms with van der Waals surface area (Å²) in [5, 5.41) is 2.73. The van der Waals surface area contributed by atoms with Gasteiger partial charge < -0.3 is 19.7 Å². The van der Waals surface area contributed by atoms with Crippen LogP contribution in [-0.4, -0.2) is 54.2 Å². The lowest BCUT2D eigenvalue weighted by Gasteiger charge is -2.31. The second-order valence-electron chi connectivity index (χ2n) is 7.35. The number of pyridine rings is 1. The number of aromatic nitrogens is 1. The molecule has 32 heavy (non-hydrogen) atoms. The molecule has 0 saturated carbocycles. The van der Waals surface area contributed by atoms with Gasteiger partial charge in [-0.15, -0.1) is 0 Å². The summed E-state index contributed by atoms with van der Waals surface area (Å²) in [5.74, 6) is -0.198. The summed E-state index contributed by atoms with van der Waals surface area (Å²) in [7, 11) is 0. The Labute approximate surface area is 183 Å². The maximum atomic E-state index is 12.5. The van der Waals surface area contributed by atoms with Gasteiger partial charge in [-0.1, -0.05) is 24.3 Å². The maximum Gasteiger partial charge on any atom is 0.422 e. The number of para-hydroxylation sites is 1. The van der Waals surface area contributed by atoms with Gasteiger partial charge in [0, 0.05) is 37.3 Å². The molecule has 0 unspecified atom stereocenters. The molecule has 1 aromatic carbocycles. The molecule has 2 heterocycles. The van der Waals surface area contributed by atoms with Crippen molar-refractivity contribution in [3.8, 4) is 11.6 Å². The molecule has 1 fully saturated rings. The van der Waals surface area contributed by atoms with Crippen molar-refractivity contribution >= 4 is 11.8 Å². The monoisotopic (exact) mass is 451 g/mol. The Bertz CT molecular complexity index is 901. The molecule has 0 atom stereocenters. The second-order valence-corrected chi connectivity index (χ2v) is 7.35. The zero-order valence-corrected chi connectivity index (χ0v) is 17.3. The summed E-state index contributed by atoms with van der Waals surface area (Å²) >= 11 is 0. The fraction of sp³-hybridized carbons (Fsp3) is 0.409. The summed E-state index contributed by atoms with van der Waals surface area (Å²) in [4.78, 5) is 30.3. The maximum absolute atomic E-state index is 12.5. The first-order chi connectivity index (χ1) is 15.3. The molecule has 0 aliphatic carbocycles. The molecule has 10 heteroatoms. The molecule has 0 bridgehead atoms. The van der Waals surface area contributed by atoms with Gasteiger partial charge in [0.2, 0.25) is 11.8 Å². The van der Waals surface area contributed by atoms with Crippen LogP contribution in [0, 0.1) is 5.92 Å². The van der Waals surface area contributed by atoms with Crippen LogP contribution in [0.3, 0.4) is 0 Å². The Balaban J connectivity index is 1.42. The zero-order chi connectivity index (χ0) is 23.0. The van der Waals surface area contributed by atoms with E-state index in [9.17, 15) is 22.8 Å². The lowest BCUT2D eigenvalue weighted by Crippen LogP contribution is -2.44. The van der Waals surface area contributed by atoms with Gasteiger partial charge in [-0.2, -0.15) is 13.2 Å². The quantitative estimate of drug-likeness (QED) is 0.668. The van der Waals surface area contributed by atoms with Crippen molar-refractivity contribution in [2.75, 3.05) is 26.3 Å². The first kappa shape index (κ1) is 23.4. The number of carbonyl (C=O) groups excluding carboxylic acids is 2. The Morgan fingerprint density at radius 2 is 1.78 bits per heavy atom. The number of piperidine rings is 1. The molecule has 1 N–H and O–H groups in total. The number of alkyl halides is 3.